The van der Waals surface area contributed by atoms with Crippen LogP contribution < -0.4 is 10.6 Å². The first-order valence-corrected chi connectivity index (χ1v) is 10.3. The molecule has 0 fully saturated rings. The number of thiazole rings is 1. The number of hydrogen-bond acceptors (Lipinski definition) is 4. The number of nitrogens with zero attached hydrogens (tertiary/aromatic N) is 1. The molecule has 10 heteroatoms. The van der Waals surface area contributed by atoms with E-state index in [0.29, 0.717) is 17.1 Å². The van der Waals surface area contributed by atoms with Gasteiger partial charge in [-0.15, -0.1) is 11.3 Å². The van der Waals surface area contributed by atoms with Crippen LogP contribution in [0, 0.1) is 5.41 Å². The van der Waals surface area contributed by atoms with E-state index in [9.17, 15) is 27.9 Å². The summed E-state index contributed by atoms with van der Waals surface area (Å²) in [6.45, 7) is 3.29. The summed E-state index contributed by atoms with van der Waals surface area (Å²) < 4.78 is 37.8. The minimum atomic E-state index is -4.44. The van der Waals surface area contributed by atoms with Crippen molar-refractivity contribution in [1.82, 2.24) is 4.98 Å². The van der Waals surface area contributed by atoms with Crippen molar-refractivity contribution in [2.45, 2.75) is 26.4 Å². The van der Waals surface area contributed by atoms with Crippen LogP contribution in [0.1, 0.15) is 24.4 Å². The molecule has 32 heavy (non-hydrogen) atoms. The molecule has 3 rings (SSSR count). The predicted octanol–water partition coefficient (Wildman–Crippen LogP) is 6.13. The molecule has 0 unspecified atom stereocenters. The first kappa shape index (κ1) is 23.3. The molecule has 1 aromatic heterocycles. The number of urea groups is 1. The Morgan fingerprint density at radius 3 is 2.00 bits per heavy atom. The number of benzene rings is 2. The number of aliphatic carboxylic acids is 1. The van der Waals surface area contributed by atoms with Crippen molar-refractivity contribution in [2.24, 2.45) is 5.41 Å². The van der Waals surface area contributed by atoms with Crippen LogP contribution in [0.5, 0.6) is 0 Å². The number of aromatic nitrogens is 1. The smallest absolute Gasteiger partial charge is 0.416 e. The monoisotopic (exact) mass is 463 g/mol. The maximum atomic E-state index is 12.6. The second-order valence-corrected chi connectivity index (χ2v) is 8.83. The Morgan fingerprint density at radius 1 is 0.969 bits per heavy atom. The maximum absolute atomic E-state index is 12.6. The van der Waals surface area contributed by atoms with E-state index in [1.807, 2.05) is 0 Å². The largest absolute Gasteiger partial charge is 0.481 e. The van der Waals surface area contributed by atoms with Gasteiger partial charge in [-0.1, -0.05) is 12.1 Å². The molecule has 0 aliphatic rings. The van der Waals surface area contributed by atoms with Gasteiger partial charge in [-0.05, 0) is 55.8 Å². The first-order valence-electron chi connectivity index (χ1n) is 9.48. The molecule has 168 valence electrons. The number of carbonyl (C=O) groups excluding carboxylic acids is 1. The third-order valence-electron chi connectivity index (χ3n) is 4.62. The zero-order valence-corrected chi connectivity index (χ0v) is 18.0. The van der Waals surface area contributed by atoms with Gasteiger partial charge >= 0.3 is 18.2 Å². The molecule has 0 radical (unpaired) electrons. The van der Waals surface area contributed by atoms with Crippen LogP contribution in [-0.2, 0) is 17.4 Å². The molecule has 2 aromatic carbocycles. The molecule has 6 nitrogen and oxygen atoms in total. The molecule has 0 spiro atoms. The molecule has 0 bridgehead atoms. The number of alkyl halides is 3. The molecule has 0 atom stereocenters. The summed E-state index contributed by atoms with van der Waals surface area (Å²) in [6, 6.07) is 10.5. The van der Waals surface area contributed by atoms with Gasteiger partial charge in [0, 0.05) is 24.0 Å². The van der Waals surface area contributed by atoms with Crippen LogP contribution in [0.3, 0.4) is 0 Å². The zero-order valence-electron chi connectivity index (χ0n) is 17.2. The SMILES string of the molecule is CC(C)(Cc1ncc(-c2ccc(NC(=O)Nc3ccc(C(F)(F)F)cc3)cc2)s1)C(=O)O. The number of amides is 2. The second kappa shape index (κ2) is 8.99. The average molecular weight is 463 g/mol. The van der Waals surface area contributed by atoms with Crippen LogP contribution in [0.4, 0.5) is 29.3 Å². The Hall–Kier alpha value is -3.40. The third kappa shape index (κ3) is 5.85. The predicted molar refractivity (Wildman–Crippen MR) is 117 cm³/mol. The number of carboxylic acid groups (broad SMARTS) is 1. The summed E-state index contributed by atoms with van der Waals surface area (Å²) in [5.41, 5.74) is -0.126. The summed E-state index contributed by atoms with van der Waals surface area (Å²) in [5.74, 6) is -0.890. The number of rotatable bonds is 6. The van der Waals surface area contributed by atoms with Gasteiger partial charge in [-0.2, -0.15) is 13.2 Å². The number of anilines is 2. The summed E-state index contributed by atoms with van der Waals surface area (Å²) in [5, 5.41) is 15.1. The van der Waals surface area contributed by atoms with Gasteiger partial charge in [0.15, 0.2) is 0 Å². The number of nitrogens with one attached hydrogen (secondary N) is 2. The Bertz CT molecular complexity index is 1110. The van der Waals surface area contributed by atoms with Gasteiger partial charge in [-0.25, -0.2) is 9.78 Å². The molecule has 3 N–H and O–H groups in total. The second-order valence-electron chi connectivity index (χ2n) is 7.72. The lowest BCUT2D eigenvalue weighted by Gasteiger charge is -2.16. The Labute approximate surface area is 186 Å². The Kier molecular flexibility index (Phi) is 6.54. The third-order valence-corrected chi connectivity index (χ3v) is 5.67. The fourth-order valence-electron chi connectivity index (χ4n) is 2.73. The van der Waals surface area contributed by atoms with Crippen molar-refractivity contribution >= 4 is 34.7 Å². The molecule has 0 saturated carbocycles. The van der Waals surface area contributed by atoms with Crippen molar-refractivity contribution in [1.29, 1.82) is 0 Å². The zero-order chi connectivity index (χ0) is 23.5. The molecule has 0 saturated heterocycles. The van der Waals surface area contributed by atoms with E-state index in [1.54, 1.807) is 44.3 Å². The highest BCUT2D eigenvalue weighted by molar-refractivity contribution is 7.15. The molecular formula is C22H20F3N3O3S. The Morgan fingerprint density at radius 2 is 1.50 bits per heavy atom. The number of carboxylic acids is 1. The van der Waals surface area contributed by atoms with Gasteiger partial charge in [0.1, 0.15) is 0 Å². The van der Waals surface area contributed by atoms with E-state index in [1.165, 1.54) is 23.5 Å². The van der Waals surface area contributed by atoms with Crippen molar-refractivity contribution in [3.8, 4) is 10.4 Å². The first-order chi connectivity index (χ1) is 14.9. The molecule has 3 aromatic rings. The van der Waals surface area contributed by atoms with Gasteiger partial charge in [0.05, 0.1) is 20.9 Å². The highest BCUT2D eigenvalue weighted by Gasteiger charge is 2.30. The van der Waals surface area contributed by atoms with Crippen LogP contribution >= 0.6 is 11.3 Å². The van der Waals surface area contributed by atoms with Gasteiger partial charge in [0.2, 0.25) is 0 Å². The van der Waals surface area contributed by atoms with Gasteiger partial charge in [-0.3, -0.25) is 4.79 Å². The number of hydrogen-bond donors (Lipinski definition) is 3. The lowest BCUT2D eigenvalue weighted by Crippen LogP contribution is -2.26. The minimum Gasteiger partial charge on any atom is -0.481 e. The van der Waals surface area contributed by atoms with Crippen molar-refractivity contribution < 1.29 is 27.9 Å². The van der Waals surface area contributed by atoms with E-state index in [-0.39, 0.29) is 5.69 Å². The van der Waals surface area contributed by atoms with E-state index in [4.69, 9.17) is 0 Å². The van der Waals surface area contributed by atoms with Gasteiger partial charge in [0.25, 0.3) is 0 Å². The van der Waals surface area contributed by atoms with E-state index < -0.39 is 29.2 Å². The summed E-state index contributed by atoms with van der Waals surface area (Å²) >= 11 is 1.40. The lowest BCUT2D eigenvalue weighted by atomic mass is 9.90. The highest BCUT2D eigenvalue weighted by Crippen LogP contribution is 2.32. The number of carbonyl (C=O) groups is 2. The lowest BCUT2D eigenvalue weighted by molar-refractivity contribution is -0.146. The van der Waals surface area contributed by atoms with Crippen molar-refractivity contribution in [2.75, 3.05) is 10.6 Å². The van der Waals surface area contributed by atoms with E-state index in [2.05, 4.69) is 15.6 Å². The summed E-state index contributed by atoms with van der Waals surface area (Å²) in [4.78, 5) is 28.6. The van der Waals surface area contributed by atoms with E-state index in [0.717, 1.165) is 22.6 Å². The normalized spacial score (nSPS) is 11.8. The van der Waals surface area contributed by atoms with Crippen LogP contribution in [-0.4, -0.2) is 22.1 Å². The Balaban J connectivity index is 1.60. The average Bonchev–Trinajstić information content (AvgIpc) is 3.16. The topological polar surface area (TPSA) is 91.3 Å². The molecular weight excluding hydrogens is 443 g/mol. The molecule has 0 aliphatic carbocycles. The molecule has 2 amide bonds. The maximum Gasteiger partial charge on any atom is 0.416 e. The van der Waals surface area contributed by atoms with Gasteiger partial charge < -0.3 is 15.7 Å². The quantitative estimate of drug-likeness (QED) is 0.410. The minimum absolute atomic E-state index is 0.230. The van der Waals surface area contributed by atoms with Crippen LogP contribution in [0.2, 0.25) is 0 Å². The molecule has 0 aliphatic heterocycles. The summed E-state index contributed by atoms with van der Waals surface area (Å²) in [6.07, 6.45) is -2.44. The van der Waals surface area contributed by atoms with E-state index >= 15 is 0 Å². The van der Waals surface area contributed by atoms with Crippen LogP contribution in [0.25, 0.3) is 10.4 Å². The van der Waals surface area contributed by atoms with Crippen molar-refractivity contribution in [3.63, 3.8) is 0 Å². The van der Waals surface area contributed by atoms with Crippen LogP contribution in [0.15, 0.2) is 54.7 Å². The fourth-order valence-corrected chi connectivity index (χ4v) is 3.88. The number of halogens is 3. The standard InChI is InChI=1S/C22H20F3N3O3S/c1-21(2,19(29)30)11-18-26-12-17(32-18)13-3-7-15(8-4-13)27-20(31)28-16-9-5-14(6-10-16)22(23,24)25/h3-10,12H,11H2,1-2H3,(H,29,30)(H2,27,28,31). The fraction of sp³-hybridized carbons (Fsp3) is 0.227. The van der Waals surface area contributed by atoms with Crippen molar-refractivity contribution in [3.05, 3.63) is 65.3 Å². The highest BCUT2D eigenvalue weighted by atomic mass is 32.1. The summed E-state index contributed by atoms with van der Waals surface area (Å²) in [7, 11) is 0. The molecule has 1 heterocycles.